The lowest BCUT2D eigenvalue weighted by atomic mass is 10.0. The second-order valence-electron chi connectivity index (χ2n) is 5.97. The molecule has 1 fully saturated rings. The minimum Gasteiger partial charge on any atom is -0.371 e. The highest BCUT2D eigenvalue weighted by Gasteiger charge is 2.20. The summed E-state index contributed by atoms with van der Waals surface area (Å²) in [6, 6.07) is 6.76. The topological polar surface area (TPSA) is 21.8 Å². The number of piperazine rings is 1. The van der Waals surface area contributed by atoms with Gasteiger partial charge in [0.05, 0.1) is 11.4 Å². The molecule has 1 aromatic rings. The molecule has 20 heavy (non-hydrogen) atoms. The number of rotatable bonds is 3. The zero-order valence-corrected chi connectivity index (χ0v) is 12.7. The summed E-state index contributed by atoms with van der Waals surface area (Å²) >= 11 is 0. The van der Waals surface area contributed by atoms with Crippen molar-refractivity contribution in [1.82, 2.24) is 10.2 Å². The number of nitrogens with one attached hydrogen (secondary N) is 1. The van der Waals surface area contributed by atoms with Crippen LogP contribution in [0.5, 0.6) is 0 Å². The monoisotopic (exact) mass is 274 g/mol. The molecular weight excluding hydrogens is 248 g/mol. The van der Waals surface area contributed by atoms with E-state index < -0.39 is 0 Å². The van der Waals surface area contributed by atoms with Crippen LogP contribution >= 0.6 is 0 Å². The third-order valence-electron chi connectivity index (χ3n) is 4.57. The molecule has 0 unspecified atom stereocenters. The molecule has 1 saturated heterocycles. The lowest BCUT2D eigenvalue weighted by Crippen LogP contribution is -2.44. The quantitative estimate of drug-likeness (QED) is 0.888. The Morgan fingerprint density at radius 3 is 2.55 bits per heavy atom. The van der Waals surface area contributed by atoms with Crippen molar-refractivity contribution in [3.8, 4) is 0 Å². The number of anilines is 2. The van der Waals surface area contributed by atoms with Gasteiger partial charge in [-0.2, -0.15) is 0 Å². The Morgan fingerprint density at radius 2 is 1.75 bits per heavy atom. The van der Waals surface area contributed by atoms with Crippen LogP contribution in [-0.4, -0.2) is 64.8 Å². The molecule has 110 valence electrons. The zero-order valence-electron chi connectivity index (χ0n) is 12.7. The fourth-order valence-electron chi connectivity index (χ4n) is 3.27. The number of hydrogen-bond donors (Lipinski definition) is 1. The molecule has 0 aromatic heterocycles. The summed E-state index contributed by atoms with van der Waals surface area (Å²) in [5.74, 6) is 0. The first-order valence-corrected chi connectivity index (χ1v) is 7.73. The first kappa shape index (κ1) is 13.7. The molecule has 0 bridgehead atoms. The van der Waals surface area contributed by atoms with Gasteiger partial charge >= 0.3 is 0 Å². The molecule has 1 N–H and O–H groups in total. The van der Waals surface area contributed by atoms with E-state index in [0.29, 0.717) is 0 Å². The summed E-state index contributed by atoms with van der Waals surface area (Å²) < 4.78 is 0. The molecular formula is C16H26N4. The SMILES string of the molecule is CN1CCN(C)c2c(CCN3CCNCC3)cccc21. The molecule has 0 amide bonds. The second-order valence-corrected chi connectivity index (χ2v) is 5.97. The van der Waals surface area contributed by atoms with Gasteiger partial charge in [0.2, 0.25) is 0 Å². The van der Waals surface area contributed by atoms with Crippen LogP contribution in [0.1, 0.15) is 5.56 Å². The van der Waals surface area contributed by atoms with Crippen molar-refractivity contribution in [1.29, 1.82) is 0 Å². The van der Waals surface area contributed by atoms with E-state index >= 15 is 0 Å². The number of hydrogen-bond acceptors (Lipinski definition) is 4. The zero-order chi connectivity index (χ0) is 13.9. The molecule has 2 heterocycles. The van der Waals surface area contributed by atoms with E-state index in [1.807, 2.05) is 0 Å². The summed E-state index contributed by atoms with van der Waals surface area (Å²) in [5.41, 5.74) is 4.32. The van der Waals surface area contributed by atoms with E-state index in [-0.39, 0.29) is 0 Å². The summed E-state index contributed by atoms with van der Waals surface area (Å²) in [4.78, 5) is 7.37. The van der Waals surface area contributed by atoms with Gasteiger partial charge in [0, 0.05) is 59.9 Å². The maximum absolute atomic E-state index is 3.42. The van der Waals surface area contributed by atoms with Crippen molar-refractivity contribution in [2.45, 2.75) is 6.42 Å². The van der Waals surface area contributed by atoms with Gasteiger partial charge in [-0.15, -0.1) is 0 Å². The molecule has 4 heteroatoms. The largest absolute Gasteiger partial charge is 0.371 e. The molecule has 4 nitrogen and oxygen atoms in total. The summed E-state index contributed by atoms with van der Waals surface area (Å²) in [5, 5.41) is 3.42. The van der Waals surface area contributed by atoms with Crippen LogP contribution < -0.4 is 15.1 Å². The highest BCUT2D eigenvalue weighted by molar-refractivity contribution is 5.76. The van der Waals surface area contributed by atoms with Crippen molar-refractivity contribution in [2.24, 2.45) is 0 Å². The van der Waals surface area contributed by atoms with Gasteiger partial charge in [-0.1, -0.05) is 12.1 Å². The average Bonchev–Trinajstić information content (AvgIpc) is 2.50. The Morgan fingerprint density at radius 1 is 1.00 bits per heavy atom. The van der Waals surface area contributed by atoms with E-state index in [4.69, 9.17) is 0 Å². The van der Waals surface area contributed by atoms with Gasteiger partial charge in [0.15, 0.2) is 0 Å². The maximum atomic E-state index is 3.42. The Labute approximate surface area is 122 Å². The number of nitrogens with zero attached hydrogens (tertiary/aromatic N) is 3. The van der Waals surface area contributed by atoms with E-state index in [2.05, 4.69) is 52.3 Å². The molecule has 2 aliphatic rings. The molecule has 0 radical (unpaired) electrons. The van der Waals surface area contributed by atoms with E-state index in [1.165, 1.54) is 36.6 Å². The van der Waals surface area contributed by atoms with Gasteiger partial charge in [0.25, 0.3) is 0 Å². The second kappa shape index (κ2) is 6.02. The van der Waals surface area contributed by atoms with Crippen LogP contribution in [0.4, 0.5) is 11.4 Å². The third-order valence-corrected chi connectivity index (χ3v) is 4.57. The molecule has 0 aliphatic carbocycles. The van der Waals surface area contributed by atoms with E-state index in [9.17, 15) is 0 Å². The third kappa shape index (κ3) is 2.76. The van der Waals surface area contributed by atoms with Crippen LogP contribution in [0, 0.1) is 0 Å². The predicted octanol–water partition coefficient (Wildman–Crippen LogP) is 1.02. The van der Waals surface area contributed by atoms with Crippen molar-refractivity contribution in [3.63, 3.8) is 0 Å². The first-order chi connectivity index (χ1) is 9.75. The fraction of sp³-hybridized carbons (Fsp3) is 0.625. The summed E-state index contributed by atoms with van der Waals surface area (Å²) in [6.07, 6.45) is 1.15. The van der Waals surface area contributed by atoms with Crippen molar-refractivity contribution in [2.75, 3.05) is 69.7 Å². The van der Waals surface area contributed by atoms with Crippen LogP contribution in [-0.2, 0) is 6.42 Å². The Kier molecular flexibility index (Phi) is 4.13. The molecule has 3 rings (SSSR count). The Hall–Kier alpha value is -1.26. The Bertz CT molecular complexity index is 454. The fourth-order valence-corrected chi connectivity index (χ4v) is 3.27. The molecule has 1 aromatic carbocycles. The minimum absolute atomic E-state index is 1.12. The van der Waals surface area contributed by atoms with Crippen molar-refractivity contribution >= 4 is 11.4 Å². The van der Waals surface area contributed by atoms with E-state index in [1.54, 1.807) is 0 Å². The normalized spacial score (nSPS) is 20.1. The standard InChI is InChI=1S/C16H26N4/c1-18-12-13-19(2)16-14(4-3-5-15(16)18)6-9-20-10-7-17-8-11-20/h3-5,17H,6-13H2,1-2H3. The van der Waals surface area contributed by atoms with Gasteiger partial charge in [-0.05, 0) is 18.1 Å². The van der Waals surface area contributed by atoms with Crippen LogP contribution in [0.15, 0.2) is 18.2 Å². The lowest BCUT2D eigenvalue weighted by molar-refractivity contribution is 0.244. The van der Waals surface area contributed by atoms with Gasteiger partial charge in [-0.25, -0.2) is 0 Å². The van der Waals surface area contributed by atoms with Crippen molar-refractivity contribution in [3.05, 3.63) is 23.8 Å². The van der Waals surface area contributed by atoms with Crippen LogP contribution in [0.2, 0.25) is 0 Å². The number of benzene rings is 1. The lowest BCUT2D eigenvalue weighted by Gasteiger charge is -2.36. The molecule has 0 atom stereocenters. The van der Waals surface area contributed by atoms with Gasteiger partial charge < -0.3 is 20.0 Å². The molecule has 0 saturated carbocycles. The number of fused-ring (bicyclic) bond motifs is 1. The van der Waals surface area contributed by atoms with E-state index in [0.717, 1.165) is 32.6 Å². The summed E-state index contributed by atoms with van der Waals surface area (Å²) in [6.45, 7) is 8.05. The molecule has 2 aliphatic heterocycles. The van der Waals surface area contributed by atoms with Gasteiger partial charge in [0.1, 0.15) is 0 Å². The van der Waals surface area contributed by atoms with Crippen LogP contribution in [0.3, 0.4) is 0 Å². The van der Waals surface area contributed by atoms with Crippen molar-refractivity contribution < 1.29 is 0 Å². The Balaban J connectivity index is 1.74. The highest BCUT2D eigenvalue weighted by Crippen LogP contribution is 2.34. The summed E-state index contributed by atoms with van der Waals surface area (Å²) in [7, 11) is 4.42. The van der Waals surface area contributed by atoms with Gasteiger partial charge in [-0.3, -0.25) is 0 Å². The number of likely N-dealkylation sites (N-methyl/N-ethyl adjacent to an activating group) is 2. The molecule has 0 spiro atoms. The maximum Gasteiger partial charge on any atom is 0.0635 e. The first-order valence-electron chi connectivity index (χ1n) is 7.73. The highest BCUT2D eigenvalue weighted by atomic mass is 15.2. The van der Waals surface area contributed by atoms with Crippen LogP contribution in [0.25, 0.3) is 0 Å². The average molecular weight is 274 g/mol. The number of para-hydroxylation sites is 1. The minimum atomic E-state index is 1.12. The predicted molar refractivity (Wildman–Crippen MR) is 86.0 cm³/mol. The smallest absolute Gasteiger partial charge is 0.0635 e.